The van der Waals surface area contributed by atoms with Crippen molar-refractivity contribution in [2.24, 2.45) is 5.92 Å². The van der Waals surface area contributed by atoms with Crippen LogP contribution in [0.4, 0.5) is 18.3 Å². The molecule has 98 valence electrons. The lowest BCUT2D eigenvalue weighted by molar-refractivity contribution is -0.138. The number of hydrogen-bond donors (Lipinski definition) is 2. The second kappa shape index (κ2) is 5.63. The van der Waals surface area contributed by atoms with Crippen molar-refractivity contribution in [3.05, 3.63) is 5.01 Å². The number of nitrogens with zero attached hydrogens (tertiary/aromatic N) is 2. The van der Waals surface area contributed by atoms with Crippen LogP contribution in [0.2, 0.25) is 0 Å². The normalized spacial score (nSPS) is 14.1. The van der Waals surface area contributed by atoms with E-state index in [4.69, 9.17) is 0 Å². The van der Waals surface area contributed by atoms with E-state index in [1.807, 2.05) is 13.8 Å². The summed E-state index contributed by atoms with van der Waals surface area (Å²) in [5.74, 6) is 0.122. The zero-order valence-corrected chi connectivity index (χ0v) is 10.3. The second-order valence-electron chi connectivity index (χ2n) is 3.94. The number of aromatic nitrogens is 2. The Morgan fingerprint density at radius 2 is 2.00 bits per heavy atom. The topological polar surface area (TPSA) is 58.0 Å². The molecule has 8 heteroatoms. The highest BCUT2D eigenvalue weighted by Crippen LogP contribution is 2.32. The van der Waals surface area contributed by atoms with Crippen molar-refractivity contribution in [2.45, 2.75) is 32.5 Å². The van der Waals surface area contributed by atoms with E-state index in [1.54, 1.807) is 0 Å². The van der Waals surface area contributed by atoms with Crippen molar-refractivity contribution in [1.82, 2.24) is 10.2 Å². The van der Waals surface area contributed by atoms with Gasteiger partial charge in [0.15, 0.2) is 0 Å². The van der Waals surface area contributed by atoms with Crippen LogP contribution < -0.4 is 5.32 Å². The first-order chi connectivity index (χ1) is 7.80. The van der Waals surface area contributed by atoms with Gasteiger partial charge in [0, 0.05) is 6.54 Å². The Bertz CT molecular complexity index is 354. The molecule has 0 aliphatic heterocycles. The fraction of sp³-hybridized carbons (Fsp3) is 0.778. The smallest absolute Gasteiger partial charge is 0.393 e. The van der Waals surface area contributed by atoms with Crippen molar-refractivity contribution in [3.8, 4) is 0 Å². The van der Waals surface area contributed by atoms with Crippen LogP contribution in [0.1, 0.15) is 25.3 Å². The van der Waals surface area contributed by atoms with Gasteiger partial charge in [-0.1, -0.05) is 25.2 Å². The molecule has 0 aliphatic carbocycles. The monoisotopic (exact) mass is 269 g/mol. The summed E-state index contributed by atoms with van der Waals surface area (Å²) >= 11 is 0.460. The molecule has 0 aromatic carbocycles. The van der Waals surface area contributed by atoms with Crippen molar-refractivity contribution < 1.29 is 18.3 Å². The van der Waals surface area contributed by atoms with Crippen molar-refractivity contribution >= 4 is 16.5 Å². The molecule has 0 radical (unpaired) electrons. The van der Waals surface area contributed by atoms with Gasteiger partial charge in [-0.05, 0) is 12.3 Å². The Kier molecular flexibility index (Phi) is 4.70. The fourth-order valence-electron chi connectivity index (χ4n) is 1.07. The van der Waals surface area contributed by atoms with Crippen molar-refractivity contribution in [2.75, 3.05) is 11.9 Å². The molecule has 0 saturated carbocycles. The molecule has 1 atom stereocenters. The highest BCUT2D eigenvalue weighted by molar-refractivity contribution is 7.15. The first-order valence-corrected chi connectivity index (χ1v) is 5.95. The first-order valence-electron chi connectivity index (χ1n) is 5.13. The number of nitrogens with one attached hydrogen (secondary N) is 1. The first kappa shape index (κ1) is 14.2. The molecule has 4 nitrogen and oxygen atoms in total. The fourth-order valence-corrected chi connectivity index (χ4v) is 1.71. The third kappa shape index (κ3) is 4.47. The standard InChI is InChI=1S/C9H14F3N3OS/c1-5(2)6(16)3-4-13-8-15-14-7(17-8)9(10,11)12/h5-6,16H,3-4H2,1-2H3,(H,13,15)/t6-/m1/s1. The molecule has 0 amide bonds. The molecule has 2 N–H and O–H groups in total. The molecule has 17 heavy (non-hydrogen) atoms. The SMILES string of the molecule is CC(C)[C@H](O)CCNc1nnc(C(F)(F)F)s1. The van der Waals surface area contributed by atoms with Gasteiger partial charge in [0.25, 0.3) is 0 Å². The van der Waals surface area contributed by atoms with Gasteiger partial charge >= 0.3 is 6.18 Å². The Hall–Kier alpha value is -0.890. The summed E-state index contributed by atoms with van der Waals surface area (Å²) in [5, 5.41) is 17.8. The molecule has 0 saturated heterocycles. The van der Waals surface area contributed by atoms with E-state index in [0.717, 1.165) is 0 Å². The van der Waals surface area contributed by atoms with Crippen LogP contribution in [-0.4, -0.2) is 28.0 Å². The van der Waals surface area contributed by atoms with E-state index in [2.05, 4.69) is 15.5 Å². The van der Waals surface area contributed by atoms with Crippen LogP contribution in [0.3, 0.4) is 0 Å². The summed E-state index contributed by atoms with van der Waals surface area (Å²) in [4.78, 5) is 0. The van der Waals surface area contributed by atoms with Crippen molar-refractivity contribution in [3.63, 3.8) is 0 Å². The molecule has 1 aromatic heterocycles. The summed E-state index contributed by atoms with van der Waals surface area (Å²) in [6, 6.07) is 0. The van der Waals surface area contributed by atoms with Gasteiger partial charge in [-0.25, -0.2) is 0 Å². The lowest BCUT2D eigenvalue weighted by Crippen LogP contribution is -2.18. The molecule has 0 fully saturated rings. The number of hydrogen-bond acceptors (Lipinski definition) is 5. The quantitative estimate of drug-likeness (QED) is 0.861. The van der Waals surface area contributed by atoms with E-state index in [9.17, 15) is 18.3 Å². The minimum atomic E-state index is -4.45. The second-order valence-corrected chi connectivity index (χ2v) is 4.91. The van der Waals surface area contributed by atoms with E-state index in [-0.39, 0.29) is 11.0 Å². The maximum absolute atomic E-state index is 12.2. The number of aliphatic hydroxyl groups is 1. The third-order valence-corrected chi connectivity index (χ3v) is 3.08. The summed E-state index contributed by atoms with van der Waals surface area (Å²) < 4.78 is 36.6. The maximum atomic E-state index is 12.2. The van der Waals surface area contributed by atoms with Crippen LogP contribution >= 0.6 is 11.3 Å². The van der Waals surface area contributed by atoms with Crippen LogP contribution in [0.5, 0.6) is 0 Å². The Morgan fingerprint density at radius 1 is 1.35 bits per heavy atom. The van der Waals surface area contributed by atoms with E-state index in [0.29, 0.717) is 24.3 Å². The van der Waals surface area contributed by atoms with Gasteiger partial charge in [0.05, 0.1) is 6.10 Å². The molecule has 1 aromatic rings. The highest BCUT2D eigenvalue weighted by atomic mass is 32.1. The summed E-state index contributed by atoms with van der Waals surface area (Å²) in [6.45, 7) is 4.11. The van der Waals surface area contributed by atoms with Gasteiger partial charge in [-0.3, -0.25) is 0 Å². The molecule has 1 rings (SSSR count). The summed E-state index contributed by atoms with van der Waals surface area (Å²) in [5.41, 5.74) is 0. The Labute approximate surface area is 101 Å². The van der Waals surface area contributed by atoms with E-state index < -0.39 is 17.3 Å². The molecule has 1 heterocycles. The minimum absolute atomic E-state index is 0.119. The summed E-state index contributed by atoms with van der Waals surface area (Å²) in [6.07, 6.45) is -4.47. The molecule has 0 unspecified atom stereocenters. The predicted octanol–water partition coefficient (Wildman–Crippen LogP) is 2.38. The van der Waals surface area contributed by atoms with Crippen LogP contribution in [0, 0.1) is 5.92 Å². The minimum Gasteiger partial charge on any atom is -0.393 e. The van der Waals surface area contributed by atoms with Crippen molar-refractivity contribution in [1.29, 1.82) is 0 Å². The van der Waals surface area contributed by atoms with E-state index in [1.165, 1.54) is 0 Å². The average Bonchev–Trinajstić information content (AvgIpc) is 2.65. The zero-order chi connectivity index (χ0) is 13.1. The van der Waals surface area contributed by atoms with Gasteiger partial charge in [0.2, 0.25) is 10.1 Å². The summed E-state index contributed by atoms with van der Waals surface area (Å²) in [7, 11) is 0. The molecule has 0 bridgehead atoms. The lowest BCUT2D eigenvalue weighted by Gasteiger charge is -2.13. The van der Waals surface area contributed by atoms with Gasteiger partial charge in [-0.2, -0.15) is 13.2 Å². The molecule has 0 spiro atoms. The van der Waals surface area contributed by atoms with Gasteiger partial charge in [-0.15, -0.1) is 10.2 Å². The highest BCUT2D eigenvalue weighted by Gasteiger charge is 2.35. The average molecular weight is 269 g/mol. The zero-order valence-electron chi connectivity index (χ0n) is 9.45. The number of anilines is 1. The Morgan fingerprint density at radius 3 is 2.47 bits per heavy atom. The third-order valence-electron chi connectivity index (χ3n) is 2.15. The number of rotatable bonds is 5. The number of aliphatic hydroxyl groups excluding tert-OH is 1. The number of alkyl halides is 3. The predicted molar refractivity (Wildman–Crippen MR) is 58.9 cm³/mol. The Balaban J connectivity index is 2.41. The van der Waals surface area contributed by atoms with Gasteiger partial charge in [0.1, 0.15) is 0 Å². The van der Waals surface area contributed by atoms with Crippen LogP contribution in [0.15, 0.2) is 0 Å². The molecule has 0 aliphatic rings. The van der Waals surface area contributed by atoms with Crippen LogP contribution in [0.25, 0.3) is 0 Å². The van der Waals surface area contributed by atoms with Crippen LogP contribution in [-0.2, 0) is 6.18 Å². The molecular formula is C9H14F3N3OS. The largest absolute Gasteiger partial charge is 0.445 e. The molecular weight excluding hydrogens is 255 g/mol. The maximum Gasteiger partial charge on any atom is 0.445 e. The number of halogens is 3. The van der Waals surface area contributed by atoms with Gasteiger partial charge < -0.3 is 10.4 Å². The lowest BCUT2D eigenvalue weighted by atomic mass is 10.0. The van der Waals surface area contributed by atoms with E-state index >= 15 is 0 Å².